The van der Waals surface area contributed by atoms with Crippen molar-refractivity contribution in [3.63, 3.8) is 0 Å². The predicted molar refractivity (Wildman–Crippen MR) is 116 cm³/mol. The maximum atomic E-state index is 13.3. The summed E-state index contributed by atoms with van der Waals surface area (Å²) in [5.41, 5.74) is 5.39. The molecule has 0 bridgehead atoms. The molecule has 2 aromatic heterocycles. The van der Waals surface area contributed by atoms with Crippen LogP contribution in [-0.2, 0) is 29.2 Å². The molecule has 3 aromatic rings. The Hall–Kier alpha value is -3.19. The van der Waals surface area contributed by atoms with Gasteiger partial charge in [0.05, 0.1) is 47.5 Å². The van der Waals surface area contributed by atoms with E-state index in [0.717, 1.165) is 51.8 Å². The first-order valence-corrected chi connectivity index (χ1v) is 10.9. The smallest absolute Gasteiger partial charge is 0.313 e. The van der Waals surface area contributed by atoms with E-state index in [9.17, 15) is 14.7 Å². The molecule has 2 aliphatic heterocycles. The number of benzene rings is 1. The van der Waals surface area contributed by atoms with Crippen molar-refractivity contribution in [2.24, 2.45) is 0 Å². The summed E-state index contributed by atoms with van der Waals surface area (Å²) in [6, 6.07) is 7.50. The average molecular weight is 420 g/mol. The number of nitrogens with zero attached hydrogens (tertiary/aromatic N) is 2. The Balaban J connectivity index is 1.69. The summed E-state index contributed by atoms with van der Waals surface area (Å²) in [5, 5.41) is 13.2. The number of unbranched alkanes of at least 4 members (excludes halogenated alkanes) is 1. The van der Waals surface area contributed by atoms with E-state index in [2.05, 4.69) is 6.92 Å². The third-order valence-electron chi connectivity index (χ3n) is 6.44. The number of rotatable bonds is 5. The number of aromatic hydroxyl groups is 1. The lowest BCUT2D eigenvalue weighted by atomic mass is 9.88. The molecular weight excluding hydrogens is 394 g/mol. The molecule has 1 aromatic carbocycles. The van der Waals surface area contributed by atoms with E-state index in [1.165, 1.54) is 0 Å². The number of quaternary nitrogens is 1. The van der Waals surface area contributed by atoms with Crippen LogP contribution in [0.2, 0.25) is 0 Å². The summed E-state index contributed by atoms with van der Waals surface area (Å²) in [4.78, 5) is 30.6. The minimum Gasteiger partial charge on any atom is -0.507 e. The summed E-state index contributed by atoms with van der Waals surface area (Å²) in [5.74, 6) is -0.383. The van der Waals surface area contributed by atoms with Gasteiger partial charge in [0.15, 0.2) is 0 Å². The minimum absolute atomic E-state index is 0.0337. The van der Waals surface area contributed by atoms with E-state index in [-0.39, 0.29) is 23.9 Å². The first kappa shape index (κ1) is 19.8. The zero-order valence-corrected chi connectivity index (χ0v) is 17.8. The Morgan fingerprint density at radius 3 is 2.90 bits per heavy atom. The zero-order valence-electron chi connectivity index (χ0n) is 17.8. The number of nitrogens with two attached hydrogens (primary N) is 1. The number of phenolic OH excluding ortho intramolecular Hbond substituents is 1. The van der Waals surface area contributed by atoms with Gasteiger partial charge in [0, 0.05) is 10.9 Å². The second-order valence-corrected chi connectivity index (χ2v) is 8.40. The average Bonchev–Trinajstić information content (AvgIpc) is 3.12. The molecule has 160 valence electrons. The Morgan fingerprint density at radius 1 is 1.29 bits per heavy atom. The predicted octanol–water partition coefficient (Wildman–Crippen LogP) is 2.15. The largest absolute Gasteiger partial charge is 0.507 e. The van der Waals surface area contributed by atoms with Crippen LogP contribution >= 0.6 is 0 Å². The Labute approximate surface area is 179 Å². The number of carbonyl (C=O) groups excluding carboxylic acids is 1. The van der Waals surface area contributed by atoms with Gasteiger partial charge in [-0.1, -0.05) is 19.8 Å². The van der Waals surface area contributed by atoms with Crippen molar-refractivity contribution in [3.05, 3.63) is 56.9 Å². The molecule has 0 radical (unpaired) electrons. The molecule has 0 unspecified atom stereocenters. The van der Waals surface area contributed by atoms with E-state index >= 15 is 0 Å². The van der Waals surface area contributed by atoms with Crippen molar-refractivity contribution in [3.8, 4) is 17.1 Å². The van der Waals surface area contributed by atoms with Crippen LogP contribution in [0.4, 0.5) is 0 Å². The number of fused-ring (bicyclic) bond motifs is 5. The monoisotopic (exact) mass is 420 g/mol. The lowest BCUT2D eigenvalue weighted by Crippen LogP contribution is -2.77. The van der Waals surface area contributed by atoms with Crippen molar-refractivity contribution in [2.45, 2.75) is 51.8 Å². The number of phenols is 1. The molecule has 2 aliphatic rings. The van der Waals surface area contributed by atoms with Crippen molar-refractivity contribution in [2.75, 3.05) is 7.05 Å². The van der Waals surface area contributed by atoms with E-state index in [1.807, 2.05) is 30.6 Å². The normalized spacial score (nSPS) is 16.7. The molecule has 3 N–H and O–H groups in total. The number of hydrogen-bond donors (Lipinski definition) is 2. The molecule has 0 spiro atoms. The molecule has 0 fully saturated rings. The number of pyridine rings is 2. The Morgan fingerprint density at radius 2 is 2.13 bits per heavy atom. The van der Waals surface area contributed by atoms with Gasteiger partial charge in [-0.2, -0.15) is 0 Å². The third-order valence-corrected chi connectivity index (χ3v) is 6.44. The van der Waals surface area contributed by atoms with Crippen LogP contribution in [0.3, 0.4) is 0 Å². The van der Waals surface area contributed by atoms with Gasteiger partial charge in [-0.3, -0.25) is 9.59 Å². The number of hydrogen-bond acceptors (Lipinski definition) is 5. The number of esters is 1. The maximum Gasteiger partial charge on any atom is 0.313 e. The van der Waals surface area contributed by atoms with Crippen molar-refractivity contribution >= 4 is 16.9 Å². The lowest BCUT2D eigenvalue weighted by molar-refractivity contribution is -0.643. The minimum atomic E-state index is -0.393. The van der Waals surface area contributed by atoms with Gasteiger partial charge in [-0.15, -0.1) is 0 Å². The second-order valence-electron chi connectivity index (χ2n) is 8.40. The number of aromatic nitrogens is 2. The highest BCUT2D eigenvalue weighted by Crippen LogP contribution is 2.38. The fraction of sp³-hybridized carbons (Fsp3) is 0.375. The van der Waals surface area contributed by atoms with Gasteiger partial charge in [-0.05, 0) is 36.2 Å². The summed E-state index contributed by atoms with van der Waals surface area (Å²) in [6.07, 6.45) is 2.56. The van der Waals surface area contributed by atoms with E-state index in [1.54, 1.807) is 10.6 Å². The highest BCUT2D eigenvalue weighted by atomic mass is 16.5. The van der Waals surface area contributed by atoms with E-state index in [0.29, 0.717) is 25.1 Å². The highest BCUT2D eigenvalue weighted by molar-refractivity contribution is 5.88. The van der Waals surface area contributed by atoms with Crippen LogP contribution in [0, 0.1) is 0 Å². The molecule has 0 saturated heterocycles. The van der Waals surface area contributed by atoms with Crippen LogP contribution in [0.15, 0.2) is 29.1 Å². The molecule has 4 heterocycles. The van der Waals surface area contributed by atoms with E-state index in [4.69, 9.17) is 9.72 Å². The molecular formula is C24H26N3O4+. The number of carbonyl (C=O) groups is 1. The van der Waals surface area contributed by atoms with Gasteiger partial charge < -0.3 is 19.7 Å². The topological polar surface area (TPSA) is 98.0 Å². The number of cyclic esters (lactones) is 1. The zero-order chi connectivity index (χ0) is 21.7. The Kier molecular flexibility index (Phi) is 4.78. The summed E-state index contributed by atoms with van der Waals surface area (Å²) >= 11 is 0. The van der Waals surface area contributed by atoms with E-state index < -0.39 is 5.92 Å². The first-order chi connectivity index (χ1) is 15.0. The first-order valence-electron chi connectivity index (χ1n) is 10.9. The third kappa shape index (κ3) is 3.03. The molecule has 0 amide bonds. The summed E-state index contributed by atoms with van der Waals surface area (Å²) in [6.45, 7) is 3.19. The number of ether oxygens (including phenoxy) is 1. The van der Waals surface area contributed by atoms with Crippen molar-refractivity contribution in [1.82, 2.24) is 9.55 Å². The van der Waals surface area contributed by atoms with Gasteiger partial charge in [0.25, 0.3) is 5.56 Å². The highest BCUT2D eigenvalue weighted by Gasteiger charge is 2.34. The molecule has 5 rings (SSSR count). The second kappa shape index (κ2) is 7.50. The van der Waals surface area contributed by atoms with Crippen LogP contribution in [0.5, 0.6) is 5.75 Å². The summed E-state index contributed by atoms with van der Waals surface area (Å²) in [7, 11) is 1.96. The molecule has 7 nitrogen and oxygen atoms in total. The standard InChI is InChI=1S/C24H25N3O4/c1-3-4-5-14-15-9-20-22-13(11-27(20)23(29)18(15)12-31-24(14)30)8-16-17(10-25-2)21(28)7-6-19(16)26-22/h6-9,14,25,28H,3-5,10-12H2,1-2H3/p+1/t14-/m0/s1. The lowest BCUT2D eigenvalue weighted by Gasteiger charge is -2.25. The molecule has 0 saturated carbocycles. The molecule has 1 atom stereocenters. The van der Waals surface area contributed by atoms with Crippen molar-refractivity contribution < 1.29 is 20.0 Å². The summed E-state index contributed by atoms with van der Waals surface area (Å²) < 4.78 is 7.08. The molecule has 0 aliphatic carbocycles. The Bertz CT molecular complexity index is 1280. The van der Waals surface area contributed by atoms with Crippen LogP contribution in [-0.4, -0.2) is 27.7 Å². The van der Waals surface area contributed by atoms with Crippen LogP contribution in [0.25, 0.3) is 22.3 Å². The van der Waals surface area contributed by atoms with Gasteiger partial charge in [-0.25, -0.2) is 4.98 Å². The SMILES string of the molecule is CCCC[C@@H]1C(=O)OCc2c1cc1n(c2=O)Cc2cc3c(C[NH2+]C)c(O)ccc3nc2-1. The molecule has 7 heteroatoms. The van der Waals surface area contributed by atoms with Gasteiger partial charge >= 0.3 is 5.97 Å². The van der Waals surface area contributed by atoms with Crippen LogP contribution in [0.1, 0.15) is 54.4 Å². The molecule has 31 heavy (non-hydrogen) atoms. The van der Waals surface area contributed by atoms with Gasteiger partial charge in [0.2, 0.25) is 0 Å². The fourth-order valence-corrected chi connectivity index (χ4v) is 4.84. The quantitative estimate of drug-likeness (QED) is 0.482. The fourth-order valence-electron chi connectivity index (χ4n) is 4.84. The maximum absolute atomic E-state index is 13.3. The van der Waals surface area contributed by atoms with Crippen molar-refractivity contribution in [1.29, 1.82) is 0 Å². The van der Waals surface area contributed by atoms with Gasteiger partial charge in [0.1, 0.15) is 18.9 Å². The van der Waals surface area contributed by atoms with Crippen LogP contribution < -0.4 is 10.9 Å².